The van der Waals surface area contributed by atoms with Gasteiger partial charge in [0.1, 0.15) is 6.04 Å². The van der Waals surface area contributed by atoms with Gasteiger partial charge in [0.2, 0.25) is 17.7 Å². The van der Waals surface area contributed by atoms with E-state index in [1.165, 1.54) is 5.01 Å². The van der Waals surface area contributed by atoms with Crippen molar-refractivity contribution in [3.05, 3.63) is 84.1 Å². The highest BCUT2D eigenvalue weighted by Crippen LogP contribution is 2.37. The smallest absolute Gasteiger partial charge is 0.247 e. The molecule has 2 aliphatic heterocycles. The molecule has 3 atom stereocenters. The fraction of sp³-hybridized carbons (Fsp3) is 0.370. The highest BCUT2D eigenvalue weighted by molar-refractivity contribution is 5.93. The van der Waals surface area contributed by atoms with E-state index in [2.05, 4.69) is 22.9 Å². The van der Waals surface area contributed by atoms with E-state index in [0.29, 0.717) is 26.0 Å². The summed E-state index contributed by atoms with van der Waals surface area (Å²) in [5, 5.41) is 4.23. The first kappa shape index (κ1) is 25.4. The Morgan fingerprint density at radius 3 is 2.50 bits per heavy atom. The summed E-state index contributed by atoms with van der Waals surface area (Å²) in [5.41, 5.74) is 10.4. The van der Waals surface area contributed by atoms with Gasteiger partial charge in [-0.05, 0) is 30.2 Å². The van der Waals surface area contributed by atoms with Gasteiger partial charge in [-0.1, -0.05) is 60.7 Å². The van der Waals surface area contributed by atoms with Gasteiger partial charge in [-0.25, -0.2) is 5.43 Å². The van der Waals surface area contributed by atoms with Gasteiger partial charge in [0.15, 0.2) is 0 Å². The van der Waals surface area contributed by atoms with Crippen molar-refractivity contribution in [3.8, 4) is 0 Å². The molecule has 0 aromatic heterocycles. The number of hydrogen-bond acceptors (Lipinski definition) is 6. The van der Waals surface area contributed by atoms with Crippen molar-refractivity contribution >= 4 is 17.7 Å². The predicted molar refractivity (Wildman–Crippen MR) is 135 cm³/mol. The third kappa shape index (κ3) is 5.75. The first-order chi connectivity index (χ1) is 17.4. The minimum atomic E-state index is -0.902. The van der Waals surface area contributed by atoms with Crippen LogP contribution in [-0.2, 0) is 32.1 Å². The van der Waals surface area contributed by atoms with E-state index in [9.17, 15) is 14.4 Å². The molecular weight excluding hydrogens is 458 g/mol. The zero-order chi connectivity index (χ0) is 25.5. The fourth-order valence-electron chi connectivity index (χ4n) is 5.05. The zero-order valence-corrected chi connectivity index (χ0v) is 20.4. The SMILES string of the molecule is CN1NC2(Cc3ccccc3)CCN(C(=O)C(COCc3ccccc3)NC(=O)/C=C/N)CC2C1=O. The summed E-state index contributed by atoms with van der Waals surface area (Å²) in [4.78, 5) is 40.5. The molecule has 0 saturated carbocycles. The zero-order valence-electron chi connectivity index (χ0n) is 20.4. The number of piperidine rings is 1. The largest absolute Gasteiger partial charge is 0.404 e. The highest BCUT2D eigenvalue weighted by atomic mass is 16.5. The van der Waals surface area contributed by atoms with Crippen LogP contribution in [0, 0.1) is 5.92 Å². The quantitative estimate of drug-likeness (QED) is 0.450. The van der Waals surface area contributed by atoms with E-state index in [1.54, 1.807) is 11.9 Å². The number of hydrogen-bond donors (Lipinski definition) is 3. The summed E-state index contributed by atoms with van der Waals surface area (Å²) in [5.74, 6) is -1.20. The number of nitrogens with two attached hydrogens (primary N) is 1. The van der Waals surface area contributed by atoms with Crippen molar-refractivity contribution in [3.63, 3.8) is 0 Å². The van der Waals surface area contributed by atoms with Crippen LogP contribution in [0.15, 0.2) is 72.9 Å². The Bertz CT molecular complexity index is 1090. The van der Waals surface area contributed by atoms with E-state index in [4.69, 9.17) is 10.5 Å². The molecule has 9 heteroatoms. The fourth-order valence-corrected chi connectivity index (χ4v) is 5.05. The summed E-state index contributed by atoms with van der Waals surface area (Å²) in [6, 6.07) is 18.7. The summed E-state index contributed by atoms with van der Waals surface area (Å²) < 4.78 is 5.79. The number of carbonyl (C=O) groups is 3. The normalized spacial score (nSPS) is 22.5. The molecule has 2 aliphatic rings. The third-order valence-electron chi connectivity index (χ3n) is 6.85. The maximum absolute atomic E-state index is 13.6. The topological polar surface area (TPSA) is 117 Å². The highest BCUT2D eigenvalue weighted by Gasteiger charge is 2.54. The lowest BCUT2D eigenvalue weighted by molar-refractivity contribution is -0.141. The van der Waals surface area contributed by atoms with E-state index in [-0.39, 0.29) is 25.0 Å². The van der Waals surface area contributed by atoms with Crippen molar-refractivity contribution in [2.75, 3.05) is 26.7 Å². The Kier molecular flexibility index (Phi) is 8.02. The second-order valence-corrected chi connectivity index (χ2v) is 9.34. The van der Waals surface area contributed by atoms with Crippen LogP contribution in [-0.4, -0.2) is 66.0 Å². The Morgan fingerprint density at radius 2 is 1.83 bits per heavy atom. The van der Waals surface area contributed by atoms with Gasteiger partial charge in [-0.3, -0.25) is 19.4 Å². The monoisotopic (exact) mass is 491 g/mol. The number of hydrazine groups is 1. The summed E-state index contributed by atoms with van der Waals surface area (Å²) in [6.07, 6.45) is 3.57. The van der Waals surface area contributed by atoms with Crippen LogP contribution in [0.5, 0.6) is 0 Å². The van der Waals surface area contributed by atoms with Gasteiger partial charge >= 0.3 is 0 Å². The van der Waals surface area contributed by atoms with Crippen LogP contribution in [0.25, 0.3) is 0 Å². The molecule has 0 spiro atoms. The molecule has 9 nitrogen and oxygen atoms in total. The molecule has 0 bridgehead atoms. The van der Waals surface area contributed by atoms with Gasteiger partial charge in [-0.15, -0.1) is 0 Å². The number of rotatable bonds is 9. The lowest BCUT2D eigenvalue weighted by atomic mass is 9.75. The summed E-state index contributed by atoms with van der Waals surface area (Å²) in [7, 11) is 1.72. The molecule has 3 unspecified atom stereocenters. The van der Waals surface area contributed by atoms with E-state index in [1.807, 2.05) is 48.5 Å². The molecule has 0 radical (unpaired) electrons. The number of benzene rings is 2. The standard InChI is InChI=1S/C27H33N5O4/c1-31-25(34)22-17-32(15-13-27(22,30-31)16-20-8-4-2-5-9-20)26(35)23(29-24(33)12-14-28)19-36-18-21-10-6-3-7-11-21/h2-12,14,22-23,30H,13,15-19,28H2,1H3,(H,29,33)/b14-12+. The maximum atomic E-state index is 13.6. The molecule has 4 N–H and O–H groups in total. The van der Waals surface area contributed by atoms with Crippen molar-refractivity contribution in [1.29, 1.82) is 0 Å². The first-order valence-electron chi connectivity index (χ1n) is 12.1. The van der Waals surface area contributed by atoms with Crippen LogP contribution >= 0.6 is 0 Å². The Hall–Kier alpha value is -3.69. The van der Waals surface area contributed by atoms with Gasteiger partial charge in [0.05, 0.1) is 24.7 Å². The average molecular weight is 492 g/mol. The minimum absolute atomic E-state index is 0.000301. The van der Waals surface area contributed by atoms with Crippen molar-refractivity contribution in [2.24, 2.45) is 11.7 Å². The van der Waals surface area contributed by atoms with Crippen LogP contribution in [0.3, 0.4) is 0 Å². The number of ether oxygens (including phenoxy) is 1. The van der Waals surface area contributed by atoms with Crippen LogP contribution in [0.2, 0.25) is 0 Å². The molecular formula is C27H33N5O4. The van der Waals surface area contributed by atoms with Gasteiger partial charge in [0, 0.05) is 26.2 Å². The number of carbonyl (C=O) groups excluding carboxylic acids is 3. The summed E-state index contributed by atoms with van der Waals surface area (Å²) >= 11 is 0. The second-order valence-electron chi connectivity index (χ2n) is 9.34. The number of nitrogens with zero attached hydrogens (tertiary/aromatic N) is 2. The molecule has 3 amide bonds. The maximum Gasteiger partial charge on any atom is 0.247 e. The van der Waals surface area contributed by atoms with E-state index < -0.39 is 23.4 Å². The molecule has 2 saturated heterocycles. The molecule has 0 aliphatic carbocycles. The molecule has 2 aromatic carbocycles. The van der Waals surface area contributed by atoms with Gasteiger partial charge in [0.25, 0.3) is 0 Å². The van der Waals surface area contributed by atoms with Crippen LogP contribution < -0.4 is 16.5 Å². The van der Waals surface area contributed by atoms with Crippen LogP contribution in [0.4, 0.5) is 0 Å². The molecule has 2 fully saturated rings. The van der Waals surface area contributed by atoms with E-state index >= 15 is 0 Å². The minimum Gasteiger partial charge on any atom is -0.404 e. The average Bonchev–Trinajstić information content (AvgIpc) is 3.13. The lowest BCUT2D eigenvalue weighted by Gasteiger charge is -2.43. The number of nitrogens with one attached hydrogen (secondary N) is 2. The molecule has 36 heavy (non-hydrogen) atoms. The third-order valence-corrected chi connectivity index (χ3v) is 6.85. The lowest BCUT2D eigenvalue weighted by Crippen LogP contribution is -2.61. The Labute approximate surface area is 211 Å². The number of likely N-dealkylation sites (tertiary alicyclic amines) is 1. The van der Waals surface area contributed by atoms with Crippen molar-refractivity contribution in [2.45, 2.75) is 31.0 Å². The van der Waals surface area contributed by atoms with Gasteiger partial charge in [-0.2, -0.15) is 0 Å². The molecule has 190 valence electrons. The summed E-state index contributed by atoms with van der Waals surface area (Å²) in [6.45, 7) is 1.03. The Balaban J connectivity index is 1.47. The number of fused-ring (bicyclic) bond motifs is 1. The molecule has 4 rings (SSSR count). The first-order valence-corrected chi connectivity index (χ1v) is 12.1. The van der Waals surface area contributed by atoms with Crippen LogP contribution in [0.1, 0.15) is 17.5 Å². The van der Waals surface area contributed by atoms with Crippen molar-refractivity contribution < 1.29 is 19.1 Å². The molecule has 2 aromatic rings. The number of amides is 3. The Morgan fingerprint density at radius 1 is 1.17 bits per heavy atom. The van der Waals surface area contributed by atoms with Gasteiger partial charge < -0.3 is 20.7 Å². The van der Waals surface area contributed by atoms with Crippen molar-refractivity contribution in [1.82, 2.24) is 20.7 Å². The second kappa shape index (κ2) is 11.4. The predicted octanol–water partition coefficient (Wildman–Crippen LogP) is 0.967. The van der Waals surface area contributed by atoms with E-state index in [0.717, 1.165) is 23.4 Å². The molecule has 2 heterocycles.